The van der Waals surface area contributed by atoms with E-state index in [1.807, 2.05) is 12.1 Å². The first kappa shape index (κ1) is 19.7. The largest absolute Gasteiger partial charge is 0.502 e. The molecule has 160 valence electrons. The SMILES string of the molecule is O=C(Nc1ccc(-c2n[nH]c(C3CC3)n2)cc1)c1cccc(CNc2c(O)c(=O)c2=O)c1. The van der Waals surface area contributed by atoms with Crippen molar-refractivity contribution in [3.05, 3.63) is 85.9 Å². The fourth-order valence-corrected chi connectivity index (χ4v) is 3.41. The predicted molar refractivity (Wildman–Crippen MR) is 119 cm³/mol. The molecule has 5 rings (SSSR count). The number of carbonyl (C=O) groups is 1. The molecular weight excluding hydrogens is 410 g/mol. The van der Waals surface area contributed by atoms with Crippen LogP contribution in [0.3, 0.4) is 0 Å². The first-order chi connectivity index (χ1) is 15.5. The van der Waals surface area contributed by atoms with E-state index in [0.29, 0.717) is 23.0 Å². The Morgan fingerprint density at radius 2 is 1.88 bits per heavy atom. The van der Waals surface area contributed by atoms with Crippen molar-refractivity contribution in [2.45, 2.75) is 25.3 Å². The average Bonchev–Trinajstić information content (AvgIpc) is 3.56. The van der Waals surface area contributed by atoms with E-state index in [2.05, 4.69) is 25.8 Å². The van der Waals surface area contributed by atoms with E-state index in [4.69, 9.17) is 0 Å². The summed E-state index contributed by atoms with van der Waals surface area (Å²) in [5, 5.41) is 22.2. The third kappa shape index (κ3) is 3.76. The number of benzene rings is 2. The van der Waals surface area contributed by atoms with Crippen LogP contribution >= 0.6 is 0 Å². The van der Waals surface area contributed by atoms with E-state index < -0.39 is 16.6 Å². The van der Waals surface area contributed by atoms with Crippen LogP contribution in [0.25, 0.3) is 11.4 Å². The molecule has 0 aliphatic heterocycles. The molecule has 0 saturated heterocycles. The maximum absolute atomic E-state index is 12.6. The molecular formula is C23H19N5O4. The molecule has 4 N–H and O–H groups in total. The van der Waals surface area contributed by atoms with E-state index in [1.165, 1.54) is 0 Å². The summed E-state index contributed by atoms with van der Waals surface area (Å²) in [7, 11) is 0. The molecule has 1 aromatic heterocycles. The minimum atomic E-state index is -0.891. The molecule has 0 unspecified atom stereocenters. The minimum absolute atomic E-state index is 0.0967. The molecule has 4 aromatic rings. The molecule has 1 aliphatic carbocycles. The highest BCUT2D eigenvalue weighted by molar-refractivity contribution is 6.04. The molecule has 3 aromatic carbocycles. The van der Waals surface area contributed by atoms with Crippen LogP contribution < -0.4 is 21.5 Å². The van der Waals surface area contributed by atoms with Crippen LogP contribution in [0, 0.1) is 0 Å². The summed E-state index contributed by atoms with van der Waals surface area (Å²) in [6, 6.07) is 14.1. The molecule has 0 radical (unpaired) electrons. The Morgan fingerprint density at radius 1 is 1.09 bits per heavy atom. The van der Waals surface area contributed by atoms with Gasteiger partial charge in [-0.3, -0.25) is 19.5 Å². The van der Waals surface area contributed by atoms with Crippen molar-refractivity contribution in [3.63, 3.8) is 0 Å². The van der Waals surface area contributed by atoms with E-state index in [9.17, 15) is 19.5 Å². The number of aromatic amines is 1. The third-order valence-electron chi connectivity index (χ3n) is 5.41. The van der Waals surface area contributed by atoms with Gasteiger partial charge in [0, 0.05) is 29.3 Å². The number of aromatic hydroxyl groups is 1. The van der Waals surface area contributed by atoms with Crippen molar-refractivity contribution in [2.24, 2.45) is 0 Å². The molecule has 0 bridgehead atoms. The second kappa shape index (κ2) is 7.77. The van der Waals surface area contributed by atoms with Gasteiger partial charge in [0.05, 0.1) is 0 Å². The summed E-state index contributed by atoms with van der Waals surface area (Å²) >= 11 is 0. The van der Waals surface area contributed by atoms with Crippen LogP contribution in [0.15, 0.2) is 58.1 Å². The lowest BCUT2D eigenvalue weighted by Gasteiger charge is -2.10. The lowest BCUT2D eigenvalue weighted by atomic mass is 10.1. The number of nitrogens with one attached hydrogen (secondary N) is 3. The van der Waals surface area contributed by atoms with Gasteiger partial charge in [0.1, 0.15) is 11.5 Å². The maximum atomic E-state index is 12.6. The smallest absolute Gasteiger partial charge is 0.271 e. The van der Waals surface area contributed by atoms with Crippen LogP contribution in [0.2, 0.25) is 0 Å². The Bertz CT molecular complexity index is 1380. The maximum Gasteiger partial charge on any atom is 0.271 e. The van der Waals surface area contributed by atoms with Crippen LogP contribution in [0.4, 0.5) is 11.4 Å². The Morgan fingerprint density at radius 3 is 2.59 bits per heavy atom. The van der Waals surface area contributed by atoms with Crippen LogP contribution in [0.5, 0.6) is 5.75 Å². The van der Waals surface area contributed by atoms with Gasteiger partial charge in [-0.1, -0.05) is 12.1 Å². The van der Waals surface area contributed by atoms with Crippen molar-refractivity contribution in [2.75, 3.05) is 10.6 Å². The van der Waals surface area contributed by atoms with Gasteiger partial charge < -0.3 is 15.7 Å². The third-order valence-corrected chi connectivity index (χ3v) is 5.41. The number of carbonyl (C=O) groups excluding carboxylic acids is 1. The molecule has 1 aliphatic rings. The van der Waals surface area contributed by atoms with Crippen LogP contribution in [-0.2, 0) is 6.54 Å². The van der Waals surface area contributed by atoms with Gasteiger partial charge in [-0.05, 0) is 54.8 Å². The number of amides is 1. The van der Waals surface area contributed by atoms with Crippen molar-refractivity contribution in [1.82, 2.24) is 15.2 Å². The fourth-order valence-electron chi connectivity index (χ4n) is 3.41. The lowest BCUT2D eigenvalue weighted by molar-refractivity contribution is 0.102. The van der Waals surface area contributed by atoms with Gasteiger partial charge in [0.25, 0.3) is 16.8 Å². The van der Waals surface area contributed by atoms with Crippen LogP contribution in [0.1, 0.15) is 40.5 Å². The Balaban J connectivity index is 1.23. The lowest BCUT2D eigenvalue weighted by Crippen LogP contribution is -2.33. The van der Waals surface area contributed by atoms with Gasteiger partial charge in [0.15, 0.2) is 11.6 Å². The Kier molecular flexibility index (Phi) is 4.78. The monoisotopic (exact) mass is 429 g/mol. The number of H-pyrrole nitrogens is 1. The van der Waals surface area contributed by atoms with Crippen molar-refractivity contribution in [3.8, 4) is 17.1 Å². The zero-order chi connectivity index (χ0) is 22.2. The second-order valence-electron chi connectivity index (χ2n) is 7.79. The molecule has 1 amide bonds. The van der Waals surface area contributed by atoms with Gasteiger partial charge in [-0.2, -0.15) is 5.10 Å². The molecule has 1 heterocycles. The summed E-state index contributed by atoms with van der Waals surface area (Å²) in [6.07, 6.45) is 2.30. The summed E-state index contributed by atoms with van der Waals surface area (Å²) in [5.74, 6) is 1.22. The number of anilines is 2. The summed E-state index contributed by atoms with van der Waals surface area (Å²) in [5.41, 5.74) is 0.921. The van der Waals surface area contributed by atoms with Crippen molar-refractivity contribution >= 4 is 17.3 Å². The van der Waals surface area contributed by atoms with E-state index in [1.54, 1.807) is 36.4 Å². The zero-order valence-electron chi connectivity index (χ0n) is 16.9. The van der Waals surface area contributed by atoms with Crippen LogP contribution in [-0.4, -0.2) is 26.2 Å². The summed E-state index contributed by atoms with van der Waals surface area (Å²) < 4.78 is 0. The van der Waals surface area contributed by atoms with Gasteiger partial charge >= 0.3 is 0 Å². The van der Waals surface area contributed by atoms with Gasteiger partial charge in [0.2, 0.25) is 0 Å². The highest BCUT2D eigenvalue weighted by Gasteiger charge is 2.27. The number of nitrogens with zero attached hydrogens (tertiary/aromatic N) is 2. The molecule has 0 atom stereocenters. The van der Waals surface area contributed by atoms with E-state index in [0.717, 1.165) is 29.8 Å². The molecule has 9 heteroatoms. The highest BCUT2D eigenvalue weighted by Crippen LogP contribution is 2.38. The predicted octanol–water partition coefficient (Wildman–Crippen LogP) is 2.52. The fraction of sp³-hybridized carbons (Fsp3) is 0.174. The van der Waals surface area contributed by atoms with Crippen molar-refractivity contribution < 1.29 is 9.90 Å². The summed E-state index contributed by atoms with van der Waals surface area (Å²) in [4.78, 5) is 39.7. The average molecular weight is 429 g/mol. The van der Waals surface area contributed by atoms with Gasteiger partial charge in [-0.25, -0.2) is 4.98 Å². The molecule has 0 spiro atoms. The zero-order valence-corrected chi connectivity index (χ0v) is 16.9. The molecule has 1 saturated carbocycles. The minimum Gasteiger partial charge on any atom is -0.502 e. The first-order valence-electron chi connectivity index (χ1n) is 10.2. The number of hydrogen-bond acceptors (Lipinski definition) is 7. The molecule has 32 heavy (non-hydrogen) atoms. The normalized spacial score (nSPS) is 13.2. The molecule has 9 nitrogen and oxygen atoms in total. The quantitative estimate of drug-likeness (QED) is 0.331. The highest BCUT2D eigenvalue weighted by atomic mass is 16.3. The first-order valence-corrected chi connectivity index (χ1v) is 10.2. The number of rotatable bonds is 7. The van der Waals surface area contributed by atoms with Gasteiger partial charge in [-0.15, -0.1) is 0 Å². The number of aromatic nitrogens is 3. The standard InChI is InChI=1S/C23H19N5O4/c29-18-17(19(30)20(18)31)24-11-12-2-1-3-15(10-12)23(32)25-16-8-6-14(7-9-16)22-26-21(27-28-22)13-4-5-13/h1-3,6-10,13,24,29H,4-5,11H2,(H,25,32)(H,26,27,28). The number of hydrogen-bond donors (Lipinski definition) is 4. The summed E-state index contributed by atoms with van der Waals surface area (Å²) in [6.45, 7) is 0.188. The van der Waals surface area contributed by atoms with Crippen molar-refractivity contribution in [1.29, 1.82) is 0 Å². The molecule has 1 fully saturated rings. The second-order valence-corrected chi connectivity index (χ2v) is 7.79. The van der Waals surface area contributed by atoms with E-state index in [-0.39, 0.29) is 18.1 Å². The Labute approximate surface area is 181 Å². The topological polar surface area (TPSA) is 137 Å². The Hall–Kier alpha value is -4.27. The van der Waals surface area contributed by atoms with E-state index >= 15 is 0 Å².